The highest BCUT2D eigenvalue weighted by Gasteiger charge is 2.34. The first-order valence-electron chi connectivity index (χ1n) is 2.53. The fourth-order valence-corrected chi connectivity index (χ4v) is 0.328. The van der Waals surface area contributed by atoms with E-state index in [2.05, 4.69) is 5.73 Å². The van der Waals surface area contributed by atoms with Crippen LogP contribution in [0.25, 0.3) is 0 Å². The lowest BCUT2D eigenvalue weighted by Gasteiger charge is -2.07. The maximum atomic E-state index is 11.6. The fraction of sp³-hybridized carbons (Fsp3) is 0.400. The number of hydrogen-bond acceptors (Lipinski definition) is 2. The third-order valence-electron chi connectivity index (χ3n) is 1.03. The van der Waals surface area contributed by atoms with E-state index in [0.717, 1.165) is 6.92 Å². The monoisotopic (exact) mass is 169 g/mol. The molecule has 0 spiro atoms. The number of carboxylic acid groups (broad SMARTS) is 1. The van der Waals surface area contributed by atoms with Gasteiger partial charge in [-0.1, -0.05) is 0 Å². The van der Waals surface area contributed by atoms with Crippen LogP contribution in [0.4, 0.5) is 13.2 Å². The van der Waals surface area contributed by atoms with E-state index >= 15 is 0 Å². The number of carbonyl (C=O) groups is 1. The Labute approximate surface area is 60.3 Å². The Balaban J connectivity index is 4.82. The number of hydrogen-bond donors (Lipinski definition) is 2. The summed E-state index contributed by atoms with van der Waals surface area (Å²) in [5.74, 6) is -1.67. The minimum Gasteiger partial charge on any atom is -0.478 e. The van der Waals surface area contributed by atoms with Gasteiger partial charge in [-0.15, -0.1) is 0 Å². The first-order valence-corrected chi connectivity index (χ1v) is 2.53. The van der Waals surface area contributed by atoms with E-state index < -0.39 is 23.4 Å². The van der Waals surface area contributed by atoms with Crippen LogP contribution < -0.4 is 5.73 Å². The second-order valence-corrected chi connectivity index (χ2v) is 1.84. The predicted molar refractivity (Wildman–Crippen MR) is 30.6 cm³/mol. The van der Waals surface area contributed by atoms with Gasteiger partial charge in [0.05, 0.1) is 5.57 Å². The van der Waals surface area contributed by atoms with Crippen molar-refractivity contribution >= 4 is 5.97 Å². The van der Waals surface area contributed by atoms with Crippen molar-refractivity contribution in [2.45, 2.75) is 13.1 Å². The molecular formula is C5H6F3NO2. The molecular weight excluding hydrogens is 163 g/mol. The van der Waals surface area contributed by atoms with Crippen LogP contribution in [0, 0.1) is 0 Å². The maximum Gasteiger partial charge on any atom is 0.431 e. The lowest BCUT2D eigenvalue weighted by Crippen LogP contribution is -2.23. The smallest absolute Gasteiger partial charge is 0.431 e. The molecule has 0 bridgehead atoms. The molecule has 0 amide bonds. The maximum absolute atomic E-state index is 11.6. The SMILES string of the molecule is CC(C(=O)O)=C(N)C(F)(F)F. The quantitative estimate of drug-likeness (QED) is 0.572. The van der Waals surface area contributed by atoms with E-state index in [1.54, 1.807) is 0 Å². The van der Waals surface area contributed by atoms with Crippen molar-refractivity contribution in [3.8, 4) is 0 Å². The molecule has 0 aliphatic rings. The lowest BCUT2D eigenvalue weighted by atomic mass is 10.2. The van der Waals surface area contributed by atoms with E-state index in [1.807, 2.05) is 0 Å². The van der Waals surface area contributed by atoms with Gasteiger partial charge in [0.2, 0.25) is 0 Å². The summed E-state index contributed by atoms with van der Waals surface area (Å²) in [5, 5.41) is 8.08. The molecule has 11 heavy (non-hydrogen) atoms. The molecule has 0 saturated carbocycles. The Morgan fingerprint density at radius 3 is 1.91 bits per heavy atom. The first kappa shape index (κ1) is 9.80. The summed E-state index contributed by atoms with van der Waals surface area (Å²) in [6.45, 7) is 0.797. The molecule has 0 radical (unpaired) electrons. The van der Waals surface area contributed by atoms with E-state index in [0.29, 0.717) is 0 Å². The van der Waals surface area contributed by atoms with Gasteiger partial charge < -0.3 is 10.8 Å². The molecule has 0 unspecified atom stereocenters. The normalized spacial score (nSPS) is 14.2. The Hall–Kier alpha value is -1.20. The molecule has 0 saturated heterocycles. The predicted octanol–water partition coefficient (Wildman–Crippen LogP) is 0.866. The number of rotatable bonds is 1. The average molecular weight is 169 g/mol. The summed E-state index contributed by atoms with van der Waals surface area (Å²) < 4.78 is 34.8. The molecule has 0 heterocycles. The zero-order valence-electron chi connectivity index (χ0n) is 5.57. The molecule has 3 nitrogen and oxygen atoms in total. The third kappa shape index (κ3) is 2.48. The van der Waals surface area contributed by atoms with Crippen LogP contribution in [0.5, 0.6) is 0 Å². The van der Waals surface area contributed by atoms with Crippen LogP contribution in [0.15, 0.2) is 11.3 Å². The number of carboxylic acids is 1. The molecule has 0 aromatic carbocycles. The molecule has 0 fully saturated rings. The minimum atomic E-state index is -4.76. The zero-order valence-corrected chi connectivity index (χ0v) is 5.57. The standard InChI is InChI=1S/C5H6F3NO2/c1-2(4(10)11)3(9)5(6,7)8/h9H2,1H3,(H,10,11). The molecule has 0 aromatic rings. The zero-order chi connectivity index (χ0) is 9.23. The van der Waals surface area contributed by atoms with E-state index in [-0.39, 0.29) is 0 Å². The van der Waals surface area contributed by atoms with Crippen molar-refractivity contribution in [1.29, 1.82) is 0 Å². The lowest BCUT2D eigenvalue weighted by molar-refractivity contribution is -0.134. The van der Waals surface area contributed by atoms with Gasteiger partial charge in [-0.2, -0.15) is 13.2 Å². The van der Waals surface area contributed by atoms with Crippen molar-refractivity contribution in [2.75, 3.05) is 0 Å². The number of nitrogens with two attached hydrogens (primary N) is 1. The van der Waals surface area contributed by atoms with E-state index in [4.69, 9.17) is 5.11 Å². The van der Waals surface area contributed by atoms with Gasteiger partial charge in [0.15, 0.2) is 0 Å². The van der Waals surface area contributed by atoms with Crippen molar-refractivity contribution in [3.63, 3.8) is 0 Å². The van der Waals surface area contributed by atoms with E-state index in [1.165, 1.54) is 0 Å². The third-order valence-corrected chi connectivity index (χ3v) is 1.03. The molecule has 64 valence electrons. The minimum absolute atomic E-state index is 0.797. The highest BCUT2D eigenvalue weighted by molar-refractivity contribution is 5.86. The second-order valence-electron chi connectivity index (χ2n) is 1.84. The van der Waals surface area contributed by atoms with Gasteiger partial charge in [-0.05, 0) is 6.92 Å². The Morgan fingerprint density at radius 1 is 1.45 bits per heavy atom. The van der Waals surface area contributed by atoms with Crippen molar-refractivity contribution in [3.05, 3.63) is 11.3 Å². The van der Waals surface area contributed by atoms with Crippen LogP contribution in [-0.4, -0.2) is 17.3 Å². The van der Waals surface area contributed by atoms with Crippen LogP contribution in [0.1, 0.15) is 6.92 Å². The van der Waals surface area contributed by atoms with Gasteiger partial charge >= 0.3 is 12.1 Å². The van der Waals surface area contributed by atoms with Gasteiger partial charge in [-0.3, -0.25) is 0 Å². The van der Waals surface area contributed by atoms with Crippen LogP contribution in [0.2, 0.25) is 0 Å². The Kier molecular flexibility index (Phi) is 2.50. The summed E-state index contributed by atoms with van der Waals surface area (Å²) in [7, 11) is 0. The average Bonchev–Trinajstić information content (AvgIpc) is 1.82. The fourth-order valence-electron chi connectivity index (χ4n) is 0.328. The highest BCUT2D eigenvalue weighted by Crippen LogP contribution is 2.23. The van der Waals surface area contributed by atoms with Gasteiger partial charge in [-0.25, -0.2) is 4.79 Å². The number of allylic oxidation sites excluding steroid dienone is 1. The summed E-state index contributed by atoms with van der Waals surface area (Å²) in [4.78, 5) is 9.95. The summed E-state index contributed by atoms with van der Waals surface area (Å²) in [5.41, 5.74) is 2.01. The molecule has 0 atom stereocenters. The van der Waals surface area contributed by atoms with Crippen molar-refractivity contribution in [2.24, 2.45) is 5.73 Å². The number of alkyl halides is 3. The van der Waals surface area contributed by atoms with Crippen molar-refractivity contribution < 1.29 is 23.1 Å². The van der Waals surface area contributed by atoms with Crippen molar-refractivity contribution in [1.82, 2.24) is 0 Å². The summed E-state index contributed by atoms with van der Waals surface area (Å²) in [6.07, 6.45) is -4.76. The Bertz CT molecular complexity index is 206. The molecule has 3 N–H and O–H groups in total. The van der Waals surface area contributed by atoms with Crippen LogP contribution >= 0.6 is 0 Å². The summed E-state index contributed by atoms with van der Waals surface area (Å²) in [6, 6.07) is 0. The molecule has 0 aliphatic heterocycles. The van der Waals surface area contributed by atoms with Crippen LogP contribution in [-0.2, 0) is 4.79 Å². The highest BCUT2D eigenvalue weighted by atomic mass is 19.4. The van der Waals surface area contributed by atoms with Gasteiger partial charge in [0.25, 0.3) is 0 Å². The largest absolute Gasteiger partial charge is 0.478 e. The number of aliphatic carboxylic acids is 1. The molecule has 6 heteroatoms. The van der Waals surface area contributed by atoms with Crippen LogP contribution in [0.3, 0.4) is 0 Å². The second kappa shape index (κ2) is 2.81. The van der Waals surface area contributed by atoms with E-state index in [9.17, 15) is 18.0 Å². The first-order chi connectivity index (χ1) is 4.76. The summed E-state index contributed by atoms with van der Waals surface area (Å²) >= 11 is 0. The van der Waals surface area contributed by atoms with Gasteiger partial charge in [0, 0.05) is 0 Å². The molecule has 0 rings (SSSR count). The Morgan fingerprint density at radius 2 is 1.82 bits per heavy atom. The van der Waals surface area contributed by atoms with Gasteiger partial charge in [0.1, 0.15) is 5.70 Å². The topological polar surface area (TPSA) is 63.3 Å². The number of halogens is 3. The molecule has 0 aromatic heterocycles. The molecule has 0 aliphatic carbocycles.